The Kier molecular flexibility index (Phi) is 4.45. The Morgan fingerprint density at radius 3 is 2.65 bits per heavy atom. The molecule has 1 rings (SSSR count). The molecule has 17 heavy (non-hydrogen) atoms. The topological polar surface area (TPSA) is 66.6 Å². The molecule has 0 heterocycles. The van der Waals surface area contributed by atoms with E-state index in [1.165, 1.54) is 11.0 Å². The van der Waals surface area contributed by atoms with Crippen LogP contribution in [-0.4, -0.2) is 34.0 Å². The lowest BCUT2D eigenvalue weighted by Gasteiger charge is -2.20. The van der Waals surface area contributed by atoms with Crippen LogP contribution >= 0.6 is 12.2 Å². The quantitative estimate of drug-likeness (QED) is 0.796. The lowest BCUT2D eigenvalue weighted by Crippen LogP contribution is -2.37. The summed E-state index contributed by atoms with van der Waals surface area (Å²) in [4.78, 5) is 13.9. The number of nitrogens with two attached hydrogens (primary N) is 1. The van der Waals surface area contributed by atoms with E-state index in [1.54, 1.807) is 19.1 Å². The average Bonchev–Trinajstić information content (AvgIpc) is 2.28. The van der Waals surface area contributed by atoms with Crippen molar-refractivity contribution < 1.29 is 9.90 Å². The predicted octanol–water partition coefficient (Wildman–Crippen LogP) is 1.45. The van der Waals surface area contributed by atoms with Gasteiger partial charge in [0, 0.05) is 12.1 Å². The minimum atomic E-state index is -0.185. The zero-order chi connectivity index (χ0) is 13.0. The predicted molar refractivity (Wildman–Crippen MR) is 71.2 cm³/mol. The fraction of sp³-hybridized carbons (Fsp3) is 0.333. The second kappa shape index (κ2) is 5.63. The Morgan fingerprint density at radius 2 is 2.18 bits per heavy atom. The molecule has 0 atom stereocenters. The number of thiocarbonyl (C=S) groups is 1. The molecule has 1 amide bonds. The van der Waals surface area contributed by atoms with Crippen molar-refractivity contribution in [3.63, 3.8) is 0 Å². The molecule has 0 spiro atoms. The molecule has 0 bridgehead atoms. The molecule has 0 unspecified atom stereocenters. The van der Waals surface area contributed by atoms with Gasteiger partial charge >= 0.3 is 0 Å². The number of nitrogens with zero attached hydrogens (tertiary/aromatic N) is 1. The zero-order valence-corrected chi connectivity index (χ0v) is 10.8. The van der Waals surface area contributed by atoms with Crippen LogP contribution in [0.5, 0.6) is 5.75 Å². The highest BCUT2D eigenvalue weighted by Gasteiger charge is 2.15. The van der Waals surface area contributed by atoms with Crippen LogP contribution in [0.15, 0.2) is 18.2 Å². The van der Waals surface area contributed by atoms with Crippen LogP contribution in [0.3, 0.4) is 0 Å². The fourth-order valence-corrected chi connectivity index (χ4v) is 1.60. The molecule has 0 aliphatic carbocycles. The number of hydrogen-bond acceptors (Lipinski definition) is 3. The summed E-state index contributed by atoms with van der Waals surface area (Å²) in [5.74, 6) is -0.0715. The van der Waals surface area contributed by atoms with Crippen molar-refractivity contribution in [1.82, 2.24) is 4.90 Å². The molecule has 0 aliphatic rings. The number of amides is 1. The largest absolute Gasteiger partial charge is 0.508 e. The second-order valence-corrected chi connectivity index (χ2v) is 4.31. The molecular formula is C12H16N2O2S. The van der Waals surface area contributed by atoms with Crippen LogP contribution in [0.25, 0.3) is 0 Å². The maximum Gasteiger partial charge on any atom is 0.254 e. The van der Waals surface area contributed by atoms with Gasteiger partial charge in [0.1, 0.15) is 5.75 Å². The molecular weight excluding hydrogens is 236 g/mol. The van der Waals surface area contributed by atoms with Gasteiger partial charge in [-0.15, -0.1) is 0 Å². The van der Waals surface area contributed by atoms with Crippen molar-refractivity contribution in [2.75, 3.05) is 13.1 Å². The normalized spacial score (nSPS) is 10.0. The molecule has 4 nitrogen and oxygen atoms in total. The van der Waals surface area contributed by atoms with E-state index in [-0.39, 0.29) is 23.2 Å². The van der Waals surface area contributed by atoms with Gasteiger partial charge < -0.3 is 15.7 Å². The monoisotopic (exact) mass is 252 g/mol. The summed E-state index contributed by atoms with van der Waals surface area (Å²) in [5.41, 5.74) is 6.60. The van der Waals surface area contributed by atoms with E-state index in [0.29, 0.717) is 12.1 Å². The Morgan fingerprint density at radius 1 is 1.53 bits per heavy atom. The molecule has 5 heteroatoms. The molecule has 3 N–H and O–H groups in total. The van der Waals surface area contributed by atoms with Gasteiger partial charge in [-0.3, -0.25) is 4.79 Å². The highest BCUT2D eigenvalue weighted by molar-refractivity contribution is 7.80. The number of hydrogen-bond donors (Lipinski definition) is 2. The van der Waals surface area contributed by atoms with Crippen molar-refractivity contribution in [2.45, 2.75) is 13.8 Å². The van der Waals surface area contributed by atoms with Crippen molar-refractivity contribution in [1.29, 1.82) is 0 Å². The van der Waals surface area contributed by atoms with Crippen LogP contribution in [0.1, 0.15) is 22.8 Å². The number of benzene rings is 1. The SMILES string of the molecule is CCN(CC(N)=S)C(=O)c1ccc(C)c(O)c1. The summed E-state index contributed by atoms with van der Waals surface area (Å²) in [6.45, 7) is 4.39. The fourth-order valence-electron chi connectivity index (χ4n) is 1.44. The van der Waals surface area contributed by atoms with Gasteiger partial charge in [0.05, 0.1) is 11.5 Å². The number of phenolic OH excluding ortho intramolecular Hbond substituents is 1. The second-order valence-electron chi connectivity index (χ2n) is 3.79. The lowest BCUT2D eigenvalue weighted by atomic mass is 10.1. The van der Waals surface area contributed by atoms with Crippen molar-refractivity contribution in [3.05, 3.63) is 29.3 Å². The maximum atomic E-state index is 12.1. The molecule has 0 radical (unpaired) electrons. The molecule has 0 saturated heterocycles. The van der Waals surface area contributed by atoms with E-state index in [1.807, 2.05) is 6.92 Å². The number of likely N-dealkylation sites (N-methyl/N-ethyl adjacent to an activating group) is 1. The van der Waals surface area contributed by atoms with Gasteiger partial charge in [-0.25, -0.2) is 0 Å². The number of carbonyl (C=O) groups is 1. The first-order valence-corrected chi connectivity index (χ1v) is 5.73. The van der Waals surface area contributed by atoms with Crippen LogP contribution in [-0.2, 0) is 0 Å². The Labute approximate surface area is 106 Å². The van der Waals surface area contributed by atoms with Crippen LogP contribution in [0, 0.1) is 6.92 Å². The summed E-state index contributed by atoms with van der Waals surface area (Å²) >= 11 is 4.79. The number of carbonyl (C=O) groups excluding carboxylic acids is 1. The van der Waals surface area contributed by atoms with Crippen molar-refractivity contribution in [2.24, 2.45) is 5.73 Å². The number of aryl methyl sites for hydroxylation is 1. The van der Waals surface area contributed by atoms with E-state index >= 15 is 0 Å². The Balaban J connectivity index is 2.93. The van der Waals surface area contributed by atoms with Gasteiger partial charge in [0.15, 0.2) is 0 Å². The highest BCUT2D eigenvalue weighted by atomic mass is 32.1. The third kappa shape index (κ3) is 3.42. The van der Waals surface area contributed by atoms with Crippen molar-refractivity contribution >= 4 is 23.1 Å². The van der Waals surface area contributed by atoms with E-state index < -0.39 is 0 Å². The molecule has 1 aromatic carbocycles. The summed E-state index contributed by atoms with van der Waals surface area (Å²) in [7, 11) is 0. The third-order valence-corrected chi connectivity index (χ3v) is 2.60. The van der Waals surface area contributed by atoms with E-state index in [2.05, 4.69) is 0 Å². The number of phenols is 1. The van der Waals surface area contributed by atoms with Gasteiger partial charge in [0.25, 0.3) is 5.91 Å². The van der Waals surface area contributed by atoms with E-state index in [4.69, 9.17) is 18.0 Å². The molecule has 0 fully saturated rings. The zero-order valence-electron chi connectivity index (χ0n) is 9.93. The van der Waals surface area contributed by atoms with Gasteiger partial charge in [-0.1, -0.05) is 18.3 Å². The molecule has 92 valence electrons. The smallest absolute Gasteiger partial charge is 0.254 e. The standard InChI is InChI=1S/C12H16N2O2S/c1-3-14(7-11(13)17)12(16)9-5-4-8(2)10(15)6-9/h4-6,15H,3,7H2,1-2H3,(H2,13,17). The van der Waals surface area contributed by atoms with Gasteiger partial charge in [0.2, 0.25) is 0 Å². The first kappa shape index (κ1) is 13.4. The minimum absolute atomic E-state index is 0.113. The molecule has 0 aromatic heterocycles. The number of rotatable bonds is 4. The summed E-state index contributed by atoms with van der Waals surface area (Å²) in [6.07, 6.45) is 0. The van der Waals surface area contributed by atoms with Gasteiger partial charge in [-0.05, 0) is 31.5 Å². The first-order valence-electron chi connectivity index (χ1n) is 5.33. The van der Waals surface area contributed by atoms with Crippen LogP contribution < -0.4 is 5.73 Å². The van der Waals surface area contributed by atoms with Crippen LogP contribution in [0.4, 0.5) is 0 Å². The summed E-state index contributed by atoms with van der Waals surface area (Å²) in [6, 6.07) is 4.84. The highest BCUT2D eigenvalue weighted by Crippen LogP contribution is 2.18. The van der Waals surface area contributed by atoms with Crippen molar-refractivity contribution in [3.8, 4) is 5.75 Å². The summed E-state index contributed by atoms with van der Waals surface area (Å²) in [5, 5.41) is 9.56. The summed E-state index contributed by atoms with van der Waals surface area (Å²) < 4.78 is 0. The Hall–Kier alpha value is -1.62. The van der Waals surface area contributed by atoms with Crippen LogP contribution in [0.2, 0.25) is 0 Å². The lowest BCUT2D eigenvalue weighted by molar-refractivity contribution is 0.0787. The maximum absolute atomic E-state index is 12.1. The minimum Gasteiger partial charge on any atom is -0.508 e. The average molecular weight is 252 g/mol. The van der Waals surface area contributed by atoms with E-state index in [0.717, 1.165) is 5.56 Å². The molecule has 0 saturated carbocycles. The van der Waals surface area contributed by atoms with E-state index in [9.17, 15) is 9.90 Å². The first-order chi connectivity index (χ1) is 7.95. The molecule has 1 aromatic rings. The molecule has 0 aliphatic heterocycles. The number of aromatic hydroxyl groups is 1. The third-order valence-electron chi connectivity index (χ3n) is 2.47. The Bertz CT molecular complexity index is 446. The van der Waals surface area contributed by atoms with Gasteiger partial charge in [-0.2, -0.15) is 0 Å².